The number of hydrazone groups is 1. The molecule has 1 aromatic rings. The van der Waals surface area contributed by atoms with E-state index in [4.69, 9.17) is 0 Å². The molecule has 0 radical (unpaired) electrons. The number of anilines is 1. The Hall–Kier alpha value is -2.29. The summed E-state index contributed by atoms with van der Waals surface area (Å²) in [5, 5.41) is 25.4. The predicted octanol–water partition coefficient (Wildman–Crippen LogP) is 2.78. The minimum atomic E-state index is -1.52. The molecule has 0 amide bonds. The normalized spacial score (nSPS) is 11.5. The highest BCUT2D eigenvalue weighted by molar-refractivity contribution is 6.99. The summed E-state index contributed by atoms with van der Waals surface area (Å²) in [6.45, 7) is 6.17. The van der Waals surface area contributed by atoms with Gasteiger partial charge in [-0.3, -0.25) is 25.7 Å². The van der Waals surface area contributed by atoms with E-state index >= 15 is 0 Å². The number of nitrogens with zero attached hydrogens (tertiary/aromatic N) is 3. The molecule has 0 unspecified atom stereocenters. The molecule has 1 N–H and O–H groups in total. The molecule has 0 aliphatic carbocycles. The first-order valence-corrected chi connectivity index (χ1v) is 9.01. The van der Waals surface area contributed by atoms with Crippen LogP contribution in [0.15, 0.2) is 23.3 Å². The van der Waals surface area contributed by atoms with Crippen molar-refractivity contribution in [1.82, 2.24) is 0 Å². The number of rotatable bonds is 5. The van der Waals surface area contributed by atoms with E-state index in [1.807, 2.05) is 0 Å². The Labute approximate surface area is 110 Å². The summed E-state index contributed by atoms with van der Waals surface area (Å²) < 4.78 is 0. The lowest BCUT2D eigenvalue weighted by molar-refractivity contribution is -0.393. The van der Waals surface area contributed by atoms with Crippen LogP contribution in [-0.4, -0.2) is 23.8 Å². The van der Waals surface area contributed by atoms with Crippen LogP contribution in [0.1, 0.15) is 0 Å². The van der Waals surface area contributed by atoms with Gasteiger partial charge in [0.1, 0.15) is 5.69 Å². The number of hydrogen-bond donors (Lipinski definition) is 1. The second kappa shape index (κ2) is 5.57. The molecule has 8 nitrogen and oxygen atoms in total. The van der Waals surface area contributed by atoms with Crippen molar-refractivity contribution < 1.29 is 9.85 Å². The minimum absolute atomic E-state index is 0.130. The van der Waals surface area contributed by atoms with E-state index in [0.717, 1.165) is 6.07 Å². The molecule has 0 saturated heterocycles. The lowest BCUT2D eigenvalue weighted by Crippen LogP contribution is -2.22. The Kier molecular flexibility index (Phi) is 4.33. The van der Waals surface area contributed by atoms with E-state index in [0.29, 0.717) is 0 Å². The van der Waals surface area contributed by atoms with Crippen LogP contribution in [0.3, 0.4) is 0 Å². The molecular formula is C10H14N4O4Si. The fourth-order valence-electron chi connectivity index (χ4n) is 1.17. The zero-order valence-electron chi connectivity index (χ0n) is 10.8. The number of nitro groups is 2. The van der Waals surface area contributed by atoms with Gasteiger partial charge in [0.25, 0.3) is 5.69 Å². The lowest BCUT2D eigenvalue weighted by Gasteiger charge is -2.07. The third-order valence-corrected chi connectivity index (χ3v) is 2.93. The average Bonchev–Trinajstić information content (AvgIpc) is 2.27. The van der Waals surface area contributed by atoms with E-state index in [2.05, 4.69) is 30.2 Å². The maximum absolute atomic E-state index is 10.9. The topological polar surface area (TPSA) is 111 Å². The first kappa shape index (κ1) is 14.8. The average molecular weight is 282 g/mol. The molecule has 0 aliphatic heterocycles. The first-order chi connectivity index (χ1) is 8.70. The van der Waals surface area contributed by atoms with E-state index in [1.165, 1.54) is 12.1 Å². The molecule has 0 heterocycles. The summed E-state index contributed by atoms with van der Waals surface area (Å²) >= 11 is 0. The second-order valence-electron chi connectivity index (χ2n) is 4.95. The van der Waals surface area contributed by atoms with Crippen molar-refractivity contribution in [3.05, 3.63) is 38.4 Å². The fourth-order valence-corrected chi connectivity index (χ4v) is 1.63. The van der Waals surface area contributed by atoms with Gasteiger partial charge in [-0.15, -0.1) is 0 Å². The van der Waals surface area contributed by atoms with E-state index in [-0.39, 0.29) is 17.1 Å². The van der Waals surface area contributed by atoms with Crippen molar-refractivity contribution in [3.63, 3.8) is 0 Å². The van der Waals surface area contributed by atoms with Crippen molar-refractivity contribution >= 4 is 31.0 Å². The predicted molar refractivity (Wildman–Crippen MR) is 75.2 cm³/mol. The molecule has 0 bridgehead atoms. The van der Waals surface area contributed by atoms with Crippen LogP contribution < -0.4 is 5.43 Å². The summed E-state index contributed by atoms with van der Waals surface area (Å²) in [5.41, 5.74) is 1.99. The summed E-state index contributed by atoms with van der Waals surface area (Å²) in [5.74, 6) is 1.73. The molecule has 1 aromatic carbocycles. The second-order valence-corrected chi connectivity index (χ2v) is 9.94. The molecule has 0 aliphatic rings. The van der Waals surface area contributed by atoms with Gasteiger partial charge in [0, 0.05) is 11.9 Å². The van der Waals surface area contributed by atoms with Gasteiger partial charge in [-0.1, -0.05) is 19.6 Å². The zero-order valence-corrected chi connectivity index (χ0v) is 11.8. The van der Waals surface area contributed by atoms with Crippen LogP contribution >= 0.6 is 0 Å². The van der Waals surface area contributed by atoms with Gasteiger partial charge in [-0.05, 0) is 6.07 Å². The maximum Gasteiger partial charge on any atom is 0.301 e. The molecule has 102 valence electrons. The van der Waals surface area contributed by atoms with Gasteiger partial charge in [0.15, 0.2) is 0 Å². The molecule has 0 spiro atoms. The quantitative estimate of drug-likeness (QED) is 0.386. The molecule has 0 atom stereocenters. The van der Waals surface area contributed by atoms with Gasteiger partial charge in [0.2, 0.25) is 0 Å². The molecule has 1 rings (SSSR count). The molecule has 9 heteroatoms. The lowest BCUT2D eigenvalue weighted by atomic mass is 10.2. The fraction of sp³-hybridized carbons (Fsp3) is 0.300. The van der Waals surface area contributed by atoms with Crippen LogP contribution in [0.5, 0.6) is 0 Å². The Bertz CT molecular complexity index is 539. The van der Waals surface area contributed by atoms with Crippen molar-refractivity contribution in [2.45, 2.75) is 19.6 Å². The highest BCUT2D eigenvalue weighted by Gasteiger charge is 2.19. The maximum atomic E-state index is 10.9. The molecule has 0 aromatic heterocycles. The third kappa shape index (κ3) is 4.47. The van der Waals surface area contributed by atoms with Crippen LogP contribution in [-0.2, 0) is 0 Å². The Morgan fingerprint density at radius 3 is 2.32 bits per heavy atom. The smallest absolute Gasteiger partial charge is 0.272 e. The molecule has 0 fully saturated rings. The van der Waals surface area contributed by atoms with Crippen LogP contribution in [0.2, 0.25) is 19.6 Å². The third-order valence-electron chi connectivity index (χ3n) is 2.03. The van der Waals surface area contributed by atoms with Gasteiger partial charge < -0.3 is 0 Å². The van der Waals surface area contributed by atoms with Crippen molar-refractivity contribution in [3.8, 4) is 0 Å². The highest BCUT2D eigenvalue weighted by Crippen LogP contribution is 2.28. The number of nitro benzene ring substituents is 2. The SMILES string of the molecule is C[Si](C)(C)/C=N\Nc1ccc([N+](=O)[O-])cc1[N+](=O)[O-]. The monoisotopic (exact) mass is 282 g/mol. The van der Waals surface area contributed by atoms with Crippen molar-refractivity contribution in [2.24, 2.45) is 5.10 Å². The number of nitrogens with one attached hydrogen (secondary N) is 1. The zero-order chi connectivity index (χ0) is 14.6. The van der Waals surface area contributed by atoms with Crippen LogP contribution in [0.25, 0.3) is 0 Å². The molecule has 19 heavy (non-hydrogen) atoms. The van der Waals surface area contributed by atoms with Gasteiger partial charge >= 0.3 is 5.69 Å². The minimum Gasteiger partial charge on any atom is -0.272 e. The van der Waals surface area contributed by atoms with E-state index in [9.17, 15) is 20.2 Å². The van der Waals surface area contributed by atoms with E-state index < -0.39 is 17.9 Å². The Balaban J connectivity index is 3.04. The first-order valence-electron chi connectivity index (χ1n) is 5.44. The Morgan fingerprint density at radius 2 is 1.84 bits per heavy atom. The van der Waals surface area contributed by atoms with Gasteiger partial charge in [0.05, 0.1) is 24.0 Å². The van der Waals surface area contributed by atoms with Crippen molar-refractivity contribution in [2.75, 3.05) is 5.43 Å². The van der Waals surface area contributed by atoms with Gasteiger partial charge in [-0.25, -0.2) is 0 Å². The van der Waals surface area contributed by atoms with Crippen LogP contribution in [0.4, 0.5) is 17.1 Å². The molecule has 0 saturated carbocycles. The summed E-state index contributed by atoms with van der Waals surface area (Å²) in [6, 6.07) is 3.38. The standard InChI is InChI=1S/C10H14N4O4Si/c1-19(2,3)7-11-12-9-5-4-8(13(15)16)6-10(9)14(17)18/h4-7,12H,1-3H3/b11-7-. The highest BCUT2D eigenvalue weighted by atomic mass is 28.3. The largest absolute Gasteiger partial charge is 0.301 e. The Morgan fingerprint density at radius 1 is 1.21 bits per heavy atom. The van der Waals surface area contributed by atoms with E-state index in [1.54, 1.807) is 5.84 Å². The summed E-state index contributed by atoms with van der Waals surface area (Å²) in [4.78, 5) is 20.1. The number of benzene rings is 1. The number of hydrogen-bond acceptors (Lipinski definition) is 6. The van der Waals surface area contributed by atoms with Crippen molar-refractivity contribution in [1.29, 1.82) is 0 Å². The van der Waals surface area contributed by atoms with Gasteiger partial charge in [-0.2, -0.15) is 5.10 Å². The van der Waals surface area contributed by atoms with Crippen LogP contribution in [0, 0.1) is 20.2 Å². The molecular weight excluding hydrogens is 268 g/mol. The number of non-ortho nitro benzene ring substituents is 1. The summed E-state index contributed by atoms with van der Waals surface area (Å²) in [7, 11) is -1.52. The summed E-state index contributed by atoms with van der Waals surface area (Å²) in [6.07, 6.45) is 0.